The number of benzene rings is 2. The highest BCUT2D eigenvalue weighted by atomic mass is 16.5. The minimum atomic E-state index is -0.301. The van der Waals surface area contributed by atoms with Crippen molar-refractivity contribution in [3.63, 3.8) is 0 Å². The van der Waals surface area contributed by atoms with Gasteiger partial charge in [0.15, 0.2) is 0 Å². The van der Waals surface area contributed by atoms with Crippen molar-refractivity contribution in [3.05, 3.63) is 83.0 Å². The number of rotatable bonds is 11. The van der Waals surface area contributed by atoms with Crippen molar-refractivity contribution < 1.29 is 19.4 Å². The highest BCUT2D eigenvalue weighted by Crippen LogP contribution is 2.31. The monoisotopic (exact) mass is 655 g/mol. The average Bonchev–Trinajstić information content (AvgIpc) is 3.69. The van der Waals surface area contributed by atoms with E-state index in [9.17, 15) is 9.90 Å². The van der Waals surface area contributed by atoms with E-state index in [1.54, 1.807) is 6.20 Å². The summed E-state index contributed by atoms with van der Waals surface area (Å²) in [5.41, 5.74) is 12.0. The molecule has 0 saturated carbocycles. The number of piperazine rings is 1. The summed E-state index contributed by atoms with van der Waals surface area (Å²) in [6.07, 6.45) is 3.31. The average molecular weight is 656 g/mol. The molecule has 2 unspecified atom stereocenters. The van der Waals surface area contributed by atoms with Crippen molar-refractivity contribution in [3.8, 4) is 11.1 Å². The quantitative estimate of drug-likeness (QED) is 0.285. The Hall–Kier alpha value is -3.87. The number of nitrogens with one attached hydrogen (secondary N) is 1. The Morgan fingerprint density at radius 3 is 2.40 bits per heavy atom. The number of nitrogens with zero attached hydrogens (tertiary/aromatic N) is 5. The highest BCUT2D eigenvalue weighted by molar-refractivity contribution is 5.99. The van der Waals surface area contributed by atoms with Crippen LogP contribution in [0.2, 0.25) is 0 Å². The number of carbonyl (C=O) groups is 1. The second kappa shape index (κ2) is 14.7. The molecule has 0 bridgehead atoms. The van der Waals surface area contributed by atoms with Crippen molar-refractivity contribution in [1.29, 1.82) is 0 Å². The molecule has 3 aliphatic heterocycles. The number of nitrogens with two attached hydrogens (primary N) is 1. The number of aliphatic hydroxyl groups is 1. The van der Waals surface area contributed by atoms with Crippen LogP contribution in [0.5, 0.6) is 0 Å². The first kappa shape index (κ1) is 34.0. The lowest BCUT2D eigenvalue weighted by atomic mass is 9.90. The molecule has 6 rings (SSSR count). The summed E-state index contributed by atoms with van der Waals surface area (Å²) in [7, 11) is 1.93. The maximum atomic E-state index is 13.3. The topological polar surface area (TPSA) is 129 Å². The van der Waals surface area contributed by atoms with E-state index < -0.39 is 0 Å². The largest absolute Gasteiger partial charge is 0.395 e. The number of likely N-dealkylation sites (N-methyl/N-ethyl adjacent to an activating group) is 1. The van der Waals surface area contributed by atoms with E-state index in [0.29, 0.717) is 25.4 Å². The number of aromatic nitrogens is 1. The van der Waals surface area contributed by atoms with Gasteiger partial charge in [0.05, 0.1) is 44.1 Å². The molecule has 1 aromatic heterocycles. The Morgan fingerprint density at radius 2 is 1.75 bits per heavy atom. The number of amides is 1. The van der Waals surface area contributed by atoms with Gasteiger partial charge in [-0.15, -0.1) is 0 Å². The van der Waals surface area contributed by atoms with Crippen molar-refractivity contribution in [2.45, 2.75) is 57.0 Å². The Labute approximate surface area is 283 Å². The molecule has 0 aliphatic carbocycles. The fourth-order valence-electron chi connectivity index (χ4n) is 6.86. The lowest BCUT2D eigenvalue weighted by Crippen LogP contribution is -2.53. The maximum absolute atomic E-state index is 13.3. The van der Waals surface area contributed by atoms with Crippen molar-refractivity contribution in [1.82, 2.24) is 25.1 Å². The van der Waals surface area contributed by atoms with E-state index in [0.717, 1.165) is 49.4 Å². The summed E-state index contributed by atoms with van der Waals surface area (Å²) in [4.78, 5) is 22.5. The molecule has 0 radical (unpaired) electrons. The molecule has 11 heteroatoms. The zero-order valence-corrected chi connectivity index (χ0v) is 28.5. The van der Waals surface area contributed by atoms with Gasteiger partial charge < -0.3 is 25.6 Å². The molecule has 4 atom stereocenters. The molecule has 2 aromatic carbocycles. The third kappa shape index (κ3) is 7.40. The molecule has 1 amide bonds. The van der Waals surface area contributed by atoms with Crippen LogP contribution in [0.15, 0.2) is 65.9 Å². The van der Waals surface area contributed by atoms with Crippen LogP contribution in [0, 0.1) is 0 Å². The predicted molar refractivity (Wildman–Crippen MR) is 188 cm³/mol. The molecule has 3 aromatic rings. The van der Waals surface area contributed by atoms with E-state index in [1.165, 1.54) is 11.1 Å². The van der Waals surface area contributed by atoms with Gasteiger partial charge >= 0.3 is 0 Å². The standard InChI is InChI=1S/C37H49N7O4/c1-25-32(21-40-42(25)4)29-19-31(35(38)39-20-29)36(46)41-33-23-47-24-34(33)48-22-26-5-7-27(8-6-26)28-9-11-30(12-10-28)37(2,3)44-15-13-43(14-16-44)17-18-45/h5-12,19-21,25,32-34,45H,13-18,22-24H2,1-4H3,(H2,38,39)(H,41,46)/t25?,32?,33-,34-/m0/s1. The first-order valence-corrected chi connectivity index (χ1v) is 16.9. The number of β-amino-alcohol motifs (C(OH)–C–C–N with tert-alkyl or cyclic N) is 1. The van der Waals surface area contributed by atoms with Crippen LogP contribution in [-0.4, -0.2) is 115 Å². The minimum absolute atomic E-state index is 0.0359. The molecular formula is C37H49N7O4. The number of hydrazone groups is 1. The lowest BCUT2D eigenvalue weighted by molar-refractivity contribution is 0.0218. The van der Waals surface area contributed by atoms with Crippen LogP contribution in [0.25, 0.3) is 11.1 Å². The smallest absolute Gasteiger partial charge is 0.255 e. The molecular weight excluding hydrogens is 606 g/mol. The third-order valence-corrected chi connectivity index (χ3v) is 10.4. The van der Waals surface area contributed by atoms with Crippen molar-refractivity contribution in [2.75, 3.05) is 65.3 Å². The Morgan fingerprint density at radius 1 is 1.06 bits per heavy atom. The number of anilines is 1. The second-order valence-electron chi connectivity index (χ2n) is 13.7. The highest BCUT2D eigenvalue weighted by Gasteiger charge is 2.33. The first-order valence-electron chi connectivity index (χ1n) is 16.9. The van der Waals surface area contributed by atoms with E-state index in [2.05, 4.69) is 94.5 Å². The Balaban J connectivity index is 1.02. The van der Waals surface area contributed by atoms with Gasteiger partial charge in [0.2, 0.25) is 0 Å². The molecule has 256 valence electrons. The van der Waals surface area contributed by atoms with E-state index >= 15 is 0 Å². The van der Waals surface area contributed by atoms with Gasteiger partial charge in [0.25, 0.3) is 5.91 Å². The van der Waals surface area contributed by atoms with E-state index in [-0.39, 0.29) is 48.0 Å². The molecule has 11 nitrogen and oxygen atoms in total. The summed E-state index contributed by atoms with van der Waals surface area (Å²) in [5, 5.41) is 18.6. The summed E-state index contributed by atoms with van der Waals surface area (Å²) in [6.45, 7) is 12.8. The second-order valence-corrected chi connectivity index (χ2v) is 13.7. The van der Waals surface area contributed by atoms with Crippen LogP contribution < -0.4 is 11.1 Å². The van der Waals surface area contributed by atoms with Crippen LogP contribution >= 0.6 is 0 Å². The van der Waals surface area contributed by atoms with Crippen molar-refractivity contribution in [2.24, 2.45) is 5.10 Å². The van der Waals surface area contributed by atoms with E-state index in [1.807, 2.05) is 24.3 Å². The van der Waals surface area contributed by atoms with Crippen LogP contribution in [0.3, 0.4) is 0 Å². The lowest BCUT2D eigenvalue weighted by Gasteiger charge is -2.44. The van der Waals surface area contributed by atoms with Gasteiger partial charge in [-0.25, -0.2) is 4.98 Å². The predicted octanol–water partition coefficient (Wildman–Crippen LogP) is 3.29. The molecule has 2 fully saturated rings. The summed E-state index contributed by atoms with van der Waals surface area (Å²) in [5.74, 6) is -0.0644. The molecule has 2 saturated heterocycles. The number of carbonyl (C=O) groups excluding carboxylic acids is 1. The van der Waals surface area contributed by atoms with Crippen LogP contribution in [0.1, 0.15) is 53.7 Å². The Kier molecular flexibility index (Phi) is 10.4. The summed E-state index contributed by atoms with van der Waals surface area (Å²) < 4.78 is 11.9. The summed E-state index contributed by atoms with van der Waals surface area (Å²) in [6, 6.07) is 19.0. The first-order chi connectivity index (χ1) is 23.1. The fourth-order valence-corrected chi connectivity index (χ4v) is 6.86. The molecule has 0 spiro atoms. The number of hydrogen-bond donors (Lipinski definition) is 3. The van der Waals surface area contributed by atoms with Gasteiger partial charge in [-0.2, -0.15) is 5.10 Å². The maximum Gasteiger partial charge on any atom is 0.255 e. The zero-order valence-electron chi connectivity index (χ0n) is 28.5. The number of aliphatic hydroxyl groups excluding tert-OH is 1. The van der Waals surface area contributed by atoms with Gasteiger partial charge in [-0.05, 0) is 54.7 Å². The van der Waals surface area contributed by atoms with Gasteiger partial charge in [0, 0.05) is 63.6 Å². The molecule has 3 aliphatic rings. The van der Waals surface area contributed by atoms with Crippen molar-refractivity contribution >= 4 is 17.9 Å². The van der Waals surface area contributed by atoms with Crippen LogP contribution in [-0.2, 0) is 21.6 Å². The molecule has 48 heavy (non-hydrogen) atoms. The fraction of sp³-hybridized carbons (Fsp3) is 0.486. The van der Waals surface area contributed by atoms with Gasteiger partial charge in [-0.1, -0.05) is 48.5 Å². The number of hydrogen-bond acceptors (Lipinski definition) is 10. The van der Waals surface area contributed by atoms with E-state index in [4.69, 9.17) is 15.2 Å². The normalized spacial score (nSPS) is 23.6. The molecule has 4 N–H and O–H groups in total. The van der Waals surface area contributed by atoms with Crippen LogP contribution in [0.4, 0.5) is 5.82 Å². The number of pyridine rings is 1. The minimum Gasteiger partial charge on any atom is -0.395 e. The van der Waals surface area contributed by atoms with Gasteiger partial charge in [-0.3, -0.25) is 19.6 Å². The number of nitrogen functional groups attached to an aromatic ring is 1. The zero-order chi connectivity index (χ0) is 33.8. The number of ether oxygens (including phenoxy) is 2. The Bertz CT molecular complexity index is 1570. The van der Waals surface area contributed by atoms with Gasteiger partial charge in [0.1, 0.15) is 11.9 Å². The molecule has 4 heterocycles. The SMILES string of the molecule is CC1C(c2cnc(N)c(C(=O)N[C@H]3COC[C@@H]3OCc3ccc(-c4ccc(C(C)(C)N5CCN(CCO)CC5)cc4)cc3)c2)C=NN1C. The third-order valence-electron chi connectivity index (χ3n) is 10.4. The summed E-state index contributed by atoms with van der Waals surface area (Å²) >= 11 is 0.